The molecule has 9 heavy (non-hydrogen) atoms. The molecule has 0 atom stereocenters. The molecule has 1 heterocycles. The van der Waals surface area contributed by atoms with Crippen molar-refractivity contribution in [3.05, 3.63) is 17.5 Å². The molecule has 0 bridgehead atoms. The maximum Gasteiger partial charge on any atom is 0.0598 e. The quantitative estimate of drug-likeness (QED) is 0.681. The average Bonchev–Trinajstić information content (AvgIpc) is 2.34. The molecule has 0 saturated heterocycles. The lowest BCUT2D eigenvalue weighted by Gasteiger charge is -1.90. The predicted molar refractivity (Wildman–Crippen MR) is 44.1 cm³/mol. The second-order valence-corrected chi connectivity index (χ2v) is 3.91. The van der Waals surface area contributed by atoms with Crippen LogP contribution >= 0.6 is 23.1 Å². The molecule has 1 rings (SSSR count). The summed E-state index contributed by atoms with van der Waals surface area (Å²) in [5, 5.41) is 2.08. The highest BCUT2D eigenvalue weighted by atomic mass is 32.2. The summed E-state index contributed by atoms with van der Waals surface area (Å²) in [6.07, 6.45) is 0. The van der Waals surface area contributed by atoms with Gasteiger partial charge in [0.15, 0.2) is 0 Å². The van der Waals surface area contributed by atoms with Gasteiger partial charge in [0.25, 0.3) is 0 Å². The summed E-state index contributed by atoms with van der Waals surface area (Å²) in [4.78, 5) is 0. The molecule has 0 radical (unpaired) electrons. The van der Waals surface area contributed by atoms with Crippen molar-refractivity contribution in [1.29, 1.82) is 0 Å². The standard InChI is InChI=1S/C6H9NS2/c7-3-5-9-6-2-1-4-8-6/h1-2,4H,3,5,7H2. The monoisotopic (exact) mass is 159 g/mol. The number of thiophene rings is 1. The van der Waals surface area contributed by atoms with Crippen LogP contribution in [0.1, 0.15) is 0 Å². The Morgan fingerprint density at radius 2 is 2.56 bits per heavy atom. The van der Waals surface area contributed by atoms with Gasteiger partial charge in [0.2, 0.25) is 0 Å². The topological polar surface area (TPSA) is 26.0 Å². The first kappa shape index (κ1) is 7.12. The van der Waals surface area contributed by atoms with Crippen LogP contribution in [-0.4, -0.2) is 12.3 Å². The van der Waals surface area contributed by atoms with E-state index in [4.69, 9.17) is 5.73 Å². The highest BCUT2D eigenvalue weighted by Gasteiger charge is 1.90. The van der Waals surface area contributed by atoms with Gasteiger partial charge in [-0.15, -0.1) is 23.1 Å². The molecule has 0 aromatic carbocycles. The molecule has 1 nitrogen and oxygen atoms in total. The van der Waals surface area contributed by atoms with Gasteiger partial charge in [-0.1, -0.05) is 6.07 Å². The fourth-order valence-electron chi connectivity index (χ4n) is 0.505. The fraction of sp³-hybridized carbons (Fsp3) is 0.333. The van der Waals surface area contributed by atoms with Gasteiger partial charge in [-0.2, -0.15) is 0 Å². The molecule has 1 aromatic heterocycles. The molecule has 0 amide bonds. The van der Waals surface area contributed by atoms with E-state index >= 15 is 0 Å². The molecule has 0 aliphatic heterocycles. The first-order chi connectivity index (χ1) is 4.43. The van der Waals surface area contributed by atoms with Gasteiger partial charge in [0.1, 0.15) is 0 Å². The van der Waals surface area contributed by atoms with Crippen LogP contribution in [0, 0.1) is 0 Å². The highest BCUT2D eigenvalue weighted by molar-refractivity contribution is 8.01. The lowest BCUT2D eigenvalue weighted by molar-refractivity contribution is 1.15. The van der Waals surface area contributed by atoms with Gasteiger partial charge in [-0.05, 0) is 11.4 Å². The normalized spacial score (nSPS) is 9.89. The van der Waals surface area contributed by atoms with Crippen LogP contribution in [0.25, 0.3) is 0 Å². The van der Waals surface area contributed by atoms with E-state index in [2.05, 4.69) is 17.5 Å². The summed E-state index contributed by atoms with van der Waals surface area (Å²) >= 11 is 3.59. The molecule has 0 aliphatic rings. The van der Waals surface area contributed by atoms with E-state index in [9.17, 15) is 0 Å². The smallest absolute Gasteiger partial charge is 0.0598 e. The summed E-state index contributed by atoms with van der Waals surface area (Å²) in [7, 11) is 0. The Balaban J connectivity index is 2.30. The van der Waals surface area contributed by atoms with Crippen molar-refractivity contribution in [3.8, 4) is 0 Å². The van der Waals surface area contributed by atoms with Crippen LogP contribution in [0.15, 0.2) is 21.7 Å². The minimum Gasteiger partial charge on any atom is -0.330 e. The van der Waals surface area contributed by atoms with Crippen molar-refractivity contribution in [1.82, 2.24) is 0 Å². The zero-order valence-corrected chi connectivity index (χ0v) is 6.67. The first-order valence-electron chi connectivity index (χ1n) is 2.80. The summed E-state index contributed by atoms with van der Waals surface area (Å²) < 4.78 is 1.36. The Labute approximate surface area is 63.3 Å². The largest absolute Gasteiger partial charge is 0.330 e. The van der Waals surface area contributed by atoms with Crippen molar-refractivity contribution in [3.63, 3.8) is 0 Å². The molecule has 0 fully saturated rings. The molecule has 3 heteroatoms. The van der Waals surface area contributed by atoms with Crippen molar-refractivity contribution >= 4 is 23.1 Å². The Morgan fingerprint density at radius 3 is 3.11 bits per heavy atom. The molecule has 0 aliphatic carbocycles. The number of hydrogen-bond acceptors (Lipinski definition) is 3. The molecule has 1 aromatic rings. The Hall–Kier alpha value is 0.01000. The highest BCUT2D eigenvalue weighted by Crippen LogP contribution is 2.22. The van der Waals surface area contributed by atoms with Crippen LogP contribution in [0.4, 0.5) is 0 Å². The van der Waals surface area contributed by atoms with Gasteiger partial charge in [-0.3, -0.25) is 0 Å². The number of nitrogens with two attached hydrogens (primary N) is 1. The maximum atomic E-state index is 5.33. The fourth-order valence-corrected chi connectivity index (χ4v) is 2.14. The average molecular weight is 159 g/mol. The zero-order chi connectivity index (χ0) is 6.53. The number of rotatable bonds is 3. The van der Waals surface area contributed by atoms with Crippen LogP contribution < -0.4 is 5.73 Å². The van der Waals surface area contributed by atoms with E-state index in [0.717, 1.165) is 12.3 Å². The van der Waals surface area contributed by atoms with Gasteiger partial charge in [0.05, 0.1) is 4.21 Å². The van der Waals surface area contributed by atoms with Gasteiger partial charge < -0.3 is 5.73 Å². The van der Waals surface area contributed by atoms with E-state index in [1.807, 2.05) is 11.8 Å². The van der Waals surface area contributed by atoms with Crippen molar-refractivity contribution in [2.75, 3.05) is 12.3 Å². The van der Waals surface area contributed by atoms with Crippen molar-refractivity contribution in [2.24, 2.45) is 5.73 Å². The third kappa shape index (κ3) is 2.39. The van der Waals surface area contributed by atoms with Crippen LogP contribution in [0.5, 0.6) is 0 Å². The number of thioether (sulfide) groups is 1. The Morgan fingerprint density at radius 1 is 1.67 bits per heavy atom. The zero-order valence-electron chi connectivity index (χ0n) is 5.04. The third-order valence-corrected chi connectivity index (χ3v) is 3.02. The molecule has 2 N–H and O–H groups in total. The predicted octanol–water partition coefficient (Wildman–Crippen LogP) is 1.80. The Kier molecular flexibility index (Phi) is 3.11. The summed E-state index contributed by atoms with van der Waals surface area (Å²) in [5.41, 5.74) is 5.33. The van der Waals surface area contributed by atoms with Gasteiger partial charge in [-0.25, -0.2) is 0 Å². The Bertz CT molecular complexity index is 148. The molecule has 0 spiro atoms. The summed E-state index contributed by atoms with van der Waals surface area (Å²) in [6.45, 7) is 0.766. The van der Waals surface area contributed by atoms with Crippen LogP contribution in [-0.2, 0) is 0 Å². The van der Waals surface area contributed by atoms with E-state index in [1.165, 1.54) is 4.21 Å². The minimum absolute atomic E-state index is 0.766. The first-order valence-corrected chi connectivity index (χ1v) is 4.66. The van der Waals surface area contributed by atoms with Crippen LogP contribution in [0.2, 0.25) is 0 Å². The molecule has 50 valence electrons. The lowest BCUT2D eigenvalue weighted by atomic mass is 10.7. The van der Waals surface area contributed by atoms with Crippen molar-refractivity contribution < 1.29 is 0 Å². The second-order valence-electron chi connectivity index (χ2n) is 1.57. The maximum absolute atomic E-state index is 5.33. The second kappa shape index (κ2) is 3.93. The molecular formula is C6H9NS2. The van der Waals surface area contributed by atoms with Crippen LogP contribution in [0.3, 0.4) is 0 Å². The number of hydrogen-bond donors (Lipinski definition) is 1. The van der Waals surface area contributed by atoms with E-state index in [1.54, 1.807) is 11.3 Å². The minimum atomic E-state index is 0.766. The summed E-state index contributed by atoms with van der Waals surface area (Å²) in [5.74, 6) is 1.03. The van der Waals surface area contributed by atoms with E-state index < -0.39 is 0 Å². The summed E-state index contributed by atoms with van der Waals surface area (Å²) in [6, 6.07) is 4.18. The molecule has 0 saturated carbocycles. The van der Waals surface area contributed by atoms with Crippen molar-refractivity contribution in [2.45, 2.75) is 4.21 Å². The molecule has 0 unspecified atom stereocenters. The van der Waals surface area contributed by atoms with E-state index in [-0.39, 0.29) is 0 Å². The third-order valence-electron chi connectivity index (χ3n) is 0.857. The van der Waals surface area contributed by atoms with Gasteiger partial charge >= 0.3 is 0 Å². The lowest BCUT2D eigenvalue weighted by Crippen LogP contribution is -2.00. The van der Waals surface area contributed by atoms with Gasteiger partial charge in [0, 0.05) is 12.3 Å². The molecular weight excluding hydrogens is 150 g/mol. The van der Waals surface area contributed by atoms with E-state index in [0.29, 0.717) is 0 Å². The SMILES string of the molecule is NCCSc1cccs1.